The highest BCUT2D eigenvalue weighted by atomic mass is 19.1. The second-order valence-electron chi connectivity index (χ2n) is 6.61. The minimum atomic E-state index is -0.288. The van der Waals surface area contributed by atoms with Gasteiger partial charge in [0, 0.05) is 20.0 Å². The lowest BCUT2D eigenvalue weighted by atomic mass is 9.96. The van der Waals surface area contributed by atoms with Crippen molar-refractivity contribution >= 4 is 5.91 Å². The molecule has 2 atom stereocenters. The molecule has 1 aromatic heterocycles. The smallest absolute Gasteiger partial charge is 0.224 e. The van der Waals surface area contributed by atoms with Gasteiger partial charge in [-0.1, -0.05) is 17.3 Å². The predicted octanol–water partition coefficient (Wildman–Crippen LogP) is 2.61. The Morgan fingerprint density at radius 1 is 1.52 bits per heavy atom. The zero-order chi connectivity index (χ0) is 17.8. The first-order chi connectivity index (χ1) is 12.0. The summed E-state index contributed by atoms with van der Waals surface area (Å²) in [5.41, 5.74) is 0.927. The zero-order valence-corrected chi connectivity index (χ0v) is 14.5. The van der Waals surface area contributed by atoms with Gasteiger partial charge in [-0.25, -0.2) is 4.39 Å². The molecule has 1 saturated heterocycles. The van der Waals surface area contributed by atoms with Crippen molar-refractivity contribution in [1.82, 2.24) is 20.4 Å². The van der Waals surface area contributed by atoms with E-state index in [1.54, 1.807) is 19.1 Å². The van der Waals surface area contributed by atoms with Crippen molar-refractivity contribution in [1.29, 1.82) is 0 Å². The van der Waals surface area contributed by atoms with E-state index in [4.69, 9.17) is 4.52 Å². The summed E-state index contributed by atoms with van der Waals surface area (Å²) in [6.45, 7) is 5.80. The summed E-state index contributed by atoms with van der Waals surface area (Å²) < 4.78 is 18.3. The summed E-state index contributed by atoms with van der Waals surface area (Å²) >= 11 is 0. The topological polar surface area (TPSA) is 71.3 Å². The molecule has 134 valence electrons. The molecule has 6 nitrogen and oxygen atoms in total. The quantitative estimate of drug-likeness (QED) is 0.901. The van der Waals surface area contributed by atoms with Crippen molar-refractivity contribution < 1.29 is 13.7 Å². The Morgan fingerprint density at radius 3 is 3.08 bits per heavy atom. The Bertz CT molecular complexity index is 733. The zero-order valence-electron chi connectivity index (χ0n) is 14.5. The van der Waals surface area contributed by atoms with Gasteiger partial charge in [0.15, 0.2) is 5.82 Å². The van der Waals surface area contributed by atoms with Crippen LogP contribution in [0.15, 0.2) is 28.8 Å². The third-order valence-electron chi connectivity index (χ3n) is 4.46. The van der Waals surface area contributed by atoms with Crippen molar-refractivity contribution in [2.45, 2.75) is 39.3 Å². The third-order valence-corrected chi connectivity index (χ3v) is 4.46. The van der Waals surface area contributed by atoms with Crippen LogP contribution in [0.5, 0.6) is 0 Å². The maximum Gasteiger partial charge on any atom is 0.224 e. The SMILES string of the molecule is Cc1nc(C(C)NC(=O)C2CCCN(Cc3cccc(F)c3)C2)no1. The number of likely N-dealkylation sites (tertiary alicyclic amines) is 1. The molecule has 1 aliphatic heterocycles. The Kier molecular flexibility index (Phi) is 5.43. The second kappa shape index (κ2) is 7.74. The second-order valence-corrected chi connectivity index (χ2v) is 6.61. The van der Waals surface area contributed by atoms with Gasteiger partial charge in [0.2, 0.25) is 11.8 Å². The van der Waals surface area contributed by atoms with Gasteiger partial charge in [-0.15, -0.1) is 0 Å². The molecule has 2 aromatic rings. The minimum absolute atomic E-state index is 0.00102. The molecule has 1 fully saturated rings. The molecule has 0 aliphatic carbocycles. The molecule has 0 radical (unpaired) electrons. The van der Waals surface area contributed by atoms with Crippen LogP contribution in [-0.4, -0.2) is 34.0 Å². The fourth-order valence-electron chi connectivity index (χ4n) is 3.19. The molecule has 7 heteroatoms. The van der Waals surface area contributed by atoms with E-state index in [1.165, 1.54) is 6.07 Å². The number of amides is 1. The summed E-state index contributed by atoms with van der Waals surface area (Å²) in [7, 11) is 0. The van der Waals surface area contributed by atoms with E-state index >= 15 is 0 Å². The summed E-state index contributed by atoms with van der Waals surface area (Å²) in [6, 6.07) is 6.32. The highest BCUT2D eigenvalue weighted by molar-refractivity contribution is 5.79. The van der Waals surface area contributed by atoms with E-state index in [0.717, 1.165) is 24.9 Å². The van der Waals surface area contributed by atoms with Gasteiger partial charge in [0.25, 0.3) is 0 Å². The number of hydrogen-bond acceptors (Lipinski definition) is 5. The molecule has 2 heterocycles. The van der Waals surface area contributed by atoms with Gasteiger partial charge in [0.1, 0.15) is 5.82 Å². The molecule has 1 N–H and O–H groups in total. The summed E-state index contributed by atoms with van der Waals surface area (Å²) in [4.78, 5) is 18.9. The third kappa shape index (κ3) is 4.63. The standard InChI is InChI=1S/C18H23FN4O2/c1-12(17-21-13(2)25-22-17)20-18(24)15-6-4-8-23(11-15)10-14-5-3-7-16(19)9-14/h3,5,7,9,12,15H,4,6,8,10-11H2,1-2H3,(H,20,24). The molecule has 0 bridgehead atoms. The number of aromatic nitrogens is 2. The Hall–Kier alpha value is -2.28. The number of rotatable bonds is 5. The number of carbonyl (C=O) groups excluding carboxylic acids is 1. The van der Waals surface area contributed by atoms with Gasteiger partial charge in [0.05, 0.1) is 12.0 Å². The molecular formula is C18H23FN4O2. The first-order valence-corrected chi connectivity index (χ1v) is 8.58. The van der Waals surface area contributed by atoms with E-state index in [9.17, 15) is 9.18 Å². The van der Waals surface area contributed by atoms with Crippen molar-refractivity contribution in [2.75, 3.05) is 13.1 Å². The van der Waals surface area contributed by atoms with E-state index in [0.29, 0.717) is 24.8 Å². The molecule has 3 rings (SSSR count). The van der Waals surface area contributed by atoms with Gasteiger partial charge in [-0.3, -0.25) is 9.69 Å². The number of hydrogen-bond donors (Lipinski definition) is 1. The Morgan fingerprint density at radius 2 is 2.36 bits per heavy atom. The summed E-state index contributed by atoms with van der Waals surface area (Å²) in [5, 5.41) is 6.81. The van der Waals surface area contributed by atoms with E-state index in [2.05, 4.69) is 20.4 Å². The van der Waals surface area contributed by atoms with Crippen LogP contribution < -0.4 is 5.32 Å². The van der Waals surface area contributed by atoms with Crippen LogP contribution in [0.3, 0.4) is 0 Å². The average molecular weight is 346 g/mol. The molecule has 1 aliphatic rings. The van der Waals surface area contributed by atoms with Crippen LogP contribution in [-0.2, 0) is 11.3 Å². The van der Waals surface area contributed by atoms with Crippen LogP contribution in [0.1, 0.15) is 43.1 Å². The number of halogens is 1. The maximum atomic E-state index is 13.3. The van der Waals surface area contributed by atoms with E-state index < -0.39 is 0 Å². The van der Waals surface area contributed by atoms with Crippen molar-refractivity contribution in [3.63, 3.8) is 0 Å². The Balaban J connectivity index is 1.56. The van der Waals surface area contributed by atoms with Gasteiger partial charge in [-0.2, -0.15) is 4.98 Å². The normalized spacial score (nSPS) is 19.6. The molecular weight excluding hydrogens is 323 g/mol. The lowest BCUT2D eigenvalue weighted by molar-refractivity contribution is -0.127. The van der Waals surface area contributed by atoms with Crippen molar-refractivity contribution in [2.24, 2.45) is 5.92 Å². The van der Waals surface area contributed by atoms with Crippen LogP contribution >= 0.6 is 0 Å². The van der Waals surface area contributed by atoms with E-state index in [1.807, 2.05) is 13.0 Å². The van der Waals surface area contributed by atoms with Crippen LogP contribution in [0, 0.1) is 18.7 Å². The molecule has 25 heavy (non-hydrogen) atoms. The van der Waals surface area contributed by atoms with Gasteiger partial charge in [-0.05, 0) is 44.0 Å². The lowest BCUT2D eigenvalue weighted by Gasteiger charge is -2.32. The molecule has 2 unspecified atom stereocenters. The Labute approximate surface area is 146 Å². The molecule has 1 aromatic carbocycles. The lowest BCUT2D eigenvalue weighted by Crippen LogP contribution is -2.43. The molecule has 1 amide bonds. The molecule has 0 spiro atoms. The number of nitrogens with zero attached hydrogens (tertiary/aromatic N) is 3. The van der Waals surface area contributed by atoms with Gasteiger partial charge < -0.3 is 9.84 Å². The van der Waals surface area contributed by atoms with Crippen LogP contribution in [0.4, 0.5) is 4.39 Å². The first kappa shape index (κ1) is 17.5. The molecule has 0 saturated carbocycles. The average Bonchev–Trinajstić information content (AvgIpc) is 3.02. The highest BCUT2D eigenvalue weighted by Crippen LogP contribution is 2.20. The van der Waals surface area contributed by atoms with E-state index in [-0.39, 0.29) is 23.7 Å². The highest BCUT2D eigenvalue weighted by Gasteiger charge is 2.27. The van der Waals surface area contributed by atoms with Crippen molar-refractivity contribution in [3.8, 4) is 0 Å². The fourth-order valence-corrected chi connectivity index (χ4v) is 3.19. The van der Waals surface area contributed by atoms with Crippen LogP contribution in [0.2, 0.25) is 0 Å². The summed E-state index contributed by atoms with van der Waals surface area (Å²) in [6.07, 6.45) is 1.80. The first-order valence-electron chi connectivity index (χ1n) is 8.58. The maximum absolute atomic E-state index is 13.3. The monoisotopic (exact) mass is 346 g/mol. The number of aryl methyl sites for hydroxylation is 1. The fraction of sp³-hybridized carbons (Fsp3) is 0.500. The minimum Gasteiger partial charge on any atom is -0.346 e. The number of carbonyl (C=O) groups is 1. The predicted molar refractivity (Wildman–Crippen MR) is 90.0 cm³/mol. The number of piperidine rings is 1. The van der Waals surface area contributed by atoms with Crippen molar-refractivity contribution in [3.05, 3.63) is 47.4 Å². The summed E-state index contributed by atoms with van der Waals surface area (Å²) in [5.74, 6) is 0.651. The number of benzene rings is 1. The van der Waals surface area contributed by atoms with Gasteiger partial charge >= 0.3 is 0 Å². The number of nitrogens with one attached hydrogen (secondary N) is 1. The largest absolute Gasteiger partial charge is 0.346 e. The van der Waals surface area contributed by atoms with Crippen LogP contribution in [0.25, 0.3) is 0 Å².